The molecule has 0 aliphatic rings. The maximum atomic E-state index is 11.9. The monoisotopic (exact) mass is 646 g/mol. The predicted molar refractivity (Wildman–Crippen MR) is 136 cm³/mol. The molecule has 24 nitrogen and oxygen atoms in total. The molecule has 2 amide bonds. The molecule has 0 aliphatic carbocycles. The molecule has 0 rings (SSSR count). The summed E-state index contributed by atoms with van der Waals surface area (Å²) in [5, 5.41) is 50.8. The van der Waals surface area contributed by atoms with Crippen LogP contribution in [0.3, 0.4) is 0 Å². The van der Waals surface area contributed by atoms with Crippen LogP contribution in [0.2, 0.25) is 0 Å². The number of rotatable bonds is 27. The van der Waals surface area contributed by atoms with E-state index in [9.17, 15) is 59.9 Å². The van der Waals surface area contributed by atoms with Crippen LogP contribution in [0.5, 0.6) is 0 Å². The lowest BCUT2D eigenvalue weighted by molar-refractivity contribution is -0.790. The van der Waals surface area contributed by atoms with Gasteiger partial charge >= 0.3 is 18.2 Å². The molecule has 252 valence electrons. The fourth-order valence-electron chi connectivity index (χ4n) is 3.30. The minimum Gasteiger partial charge on any atom is -0.480 e. The highest BCUT2D eigenvalue weighted by atomic mass is 17.0. The molecule has 0 fully saturated rings. The van der Waals surface area contributed by atoms with E-state index in [4.69, 9.17) is 9.47 Å². The number of carboxylic acid groups (broad SMARTS) is 1. The minimum atomic E-state index is -1.32. The second-order valence-electron chi connectivity index (χ2n) is 8.66. The first-order valence-electron chi connectivity index (χ1n) is 13.0. The van der Waals surface area contributed by atoms with E-state index in [0.717, 1.165) is 0 Å². The number of ether oxygens (including phenoxy) is 2. The number of aliphatic carboxylic acids is 1. The standard InChI is InChI=1S/C20H34N6O18/c27-18(28)17(22-20(30)40-12-6-3-8-16(44-26(37)38)14-42-24(33)34)9-1-4-10-21-19(29)39-11-5-2-7-15(43-25(35)36)13-41-23(31)32/h15-17H,1-14H2,(H,21,29)(H,22,30)(H,27,28). The molecular formula is C20H34N6O18. The van der Waals surface area contributed by atoms with Crippen molar-refractivity contribution in [2.24, 2.45) is 0 Å². The number of alkyl carbamates (subject to hydrolysis) is 2. The van der Waals surface area contributed by atoms with Gasteiger partial charge in [0.25, 0.3) is 20.3 Å². The number of carbonyl (C=O) groups excluding carboxylic acids is 2. The summed E-state index contributed by atoms with van der Waals surface area (Å²) in [7, 11) is 0. The van der Waals surface area contributed by atoms with E-state index >= 15 is 0 Å². The highest BCUT2D eigenvalue weighted by Crippen LogP contribution is 2.09. The average molecular weight is 647 g/mol. The summed E-state index contributed by atoms with van der Waals surface area (Å²) in [4.78, 5) is 93.0. The summed E-state index contributed by atoms with van der Waals surface area (Å²) in [6, 6.07) is -1.29. The zero-order valence-electron chi connectivity index (χ0n) is 23.3. The zero-order chi connectivity index (χ0) is 33.3. The summed E-state index contributed by atoms with van der Waals surface area (Å²) in [5.74, 6) is -1.32. The van der Waals surface area contributed by atoms with E-state index in [2.05, 4.69) is 30.0 Å². The second kappa shape index (κ2) is 23.4. The van der Waals surface area contributed by atoms with Gasteiger partial charge in [-0.25, -0.2) is 14.4 Å². The Kier molecular flexibility index (Phi) is 20.6. The molecule has 24 heteroatoms. The molecule has 3 unspecified atom stereocenters. The number of hydrogen-bond acceptors (Lipinski definition) is 17. The normalized spacial score (nSPS) is 12.4. The summed E-state index contributed by atoms with van der Waals surface area (Å²) in [6.07, 6.45) is -2.53. The summed E-state index contributed by atoms with van der Waals surface area (Å²) in [5.41, 5.74) is 0. The van der Waals surface area contributed by atoms with Crippen molar-refractivity contribution >= 4 is 18.2 Å². The fourth-order valence-corrected chi connectivity index (χ4v) is 3.30. The average Bonchev–Trinajstić information content (AvgIpc) is 2.92. The molecule has 0 bridgehead atoms. The number of hydrogen-bond donors (Lipinski definition) is 3. The molecule has 0 heterocycles. The molecule has 3 N–H and O–H groups in total. The van der Waals surface area contributed by atoms with Crippen LogP contribution in [-0.4, -0.2) is 94.8 Å². The number of carbonyl (C=O) groups is 3. The van der Waals surface area contributed by atoms with E-state index < -0.39 is 70.0 Å². The number of amides is 2. The van der Waals surface area contributed by atoms with E-state index in [1.807, 2.05) is 0 Å². The Morgan fingerprint density at radius 2 is 1.09 bits per heavy atom. The Morgan fingerprint density at radius 1 is 0.636 bits per heavy atom. The molecule has 0 aromatic carbocycles. The van der Waals surface area contributed by atoms with Crippen molar-refractivity contribution < 1.29 is 68.7 Å². The molecule has 0 aromatic rings. The van der Waals surface area contributed by atoms with Crippen molar-refractivity contribution in [1.29, 1.82) is 0 Å². The number of carboxylic acids is 1. The van der Waals surface area contributed by atoms with Gasteiger partial charge < -0.3 is 44.6 Å². The summed E-state index contributed by atoms with van der Waals surface area (Å²) < 4.78 is 9.80. The van der Waals surface area contributed by atoms with Crippen molar-refractivity contribution in [1.82, 2.24) is 10.6 Å². The first kappa shape index (κ1) is 38.8. The van der Waals surface area contributed by atoms with Crippen LogP contribution >= 0.6 is 0 Å². The van der Waals surface area contributed by atoms with Crippen LogP contribution in [0.1, 0.15) is 57.8 Å². The predicted octanol–water partition coefficient (Wildman–Crippen LogP) is 0.973. The molecule has 0 saturated heterocycles. The first-order chi connectivity index (χ1) is 20.8. The van der Waals surface area contributed by atoms with Crippen LogP contribution < -0.4 is 10.6 Å². The van der Waals surface area contributed by atoms with Gasteiger partial charge in [0.1, 0.15) is 31.5 Å². The Balaban J connectivity index is 4.11. The van der Waals surface area contributed by atoms with Gasteiger partial charge in [-0.05, 0) is 57.8 Å². The molecule has 0 aromatic heterocycles. The number of nitrogens with zero attached hydrogens (tertiary/aromatic N) is 4. The number of unbranched alkanes of at least 4 members (excludes halogenated alkanes) is 3. The lowest BCUT2D eigenvalue weighted by Crippen LogP contribution is -2.41. The molecule has 0 radical (unpaired) electrons. The van der Waals surface area contributed by atoms with Crippen LogP contribution in [0.25, 0.3) is 0 Å². The Hall–Kier alpha value is -5.19. The summed E-state index contributed by atoms with van der Waals surface area (Å²) >= 11 is 0. The van der Waals surface area contributed by atoms with Gasteiger partial charge in [-0.15, -0.1) is 40.5 Å². The fraction of sp³-hybridized carbons (Fsp3) is 0.850. The van der Waals surface area contributed by atoms with Gasteiger partial charge in [0.15, 0.2) is 0 Å². The van der Waals surface area contributed by atoms with Crippen molar-refractivity contribution in [3.05, 3.63) is 40.5 Å². The molecule has 0 spiro atoms. The third-order valence-corrected chi connectivity index (χ3v) is 5.29. The van der Waals surface area contributed by atoms with Crippen LogP contribution in [0.15, 0.2) is 0 Å². The number of nitrogens with one attached hydrogen (secondary N) is 2. The van der Waals surface area contributed by atoms with Gasteiger partial charge in [-0.1, -0.05) is 0 Å². The van der Waals surface area contributed by atoms with E-state index in [0.29, 0.717) is 6.42 Å². The van der Waals surface area contributed by atoms with Gasteiger partial charge in [0, 0.05) is 6.54 Å². The smallest absolute Gasteiger partial charge is 0.407 e. The first-order valence-corrected chi connectivity index (χ1v) is 13.0. The highest BCUT2D eigenvalue weighted by Gasteiger charge is 2.21. The van der Waals surface area contributed by atoms with Gasteiger partial charge in [0.2, 0.25) is 0 Å². The third kappa shape index (κ3) is 23.5. The Morgan fingerprint density at radius 3 is 1.52 bits per heavy atom. The van der Waals surface area contributed by atoms with Gasteiger partial charge in [0.05, 0.1) is 13.2 Å². The van der Waals surface area contributed by atoms with Crippen molar-refractivity contribution in [2.75, 3.05) is 33.0 Å². The maximum absolute atomic E-state index is 11.9. The quantitative estimate of drug-likeness (QED) is 0.0635. The lowest BCUT2D eigenvalue weighted by Gasteiger charge is -2.15. The van der Waals surface area contributed by atoms with E-state index in [-0.39, 0.29) is 71.1 Å². The molecule has 3 atom stereocenters. The SMILES string of the molecule is O=C(NCCCCC(NC(=O)OCCCCC(CO[N+](=O)[O-])O[N+](=O)[O-])C(=O)O)OCCCCC(CO[N+](=O)[O-])O[N+](=O)[O-]. The van der Waals surface area contributed by atoms with Crippen LogP contribution in [0, 0.1) is 40.5 Å². The Bertz CT molecular complexity index is 939. The minimum absolute atomic E-state index is 0.00502. The molecule has 0 saturated carbocycles. The molecular weight excluding hydrogens is 612 g/mol. The van der Waals surface area contributed by atoms with Crippen molar-refractivity contribution in [3.8, 4) is 0 Å². The lowest BCUT2D eigenvalue weighted by atomic mass is 10.1. The van der Waals surface area contributed by atoms with Gasteiger partial charge in [-0.2, -0.15) is 0 Å². The van der Waals surface area contributed by atoms with Crippen LogP contribution in [-0.2, 0) is 33.6 Å². The van der Waals surface area contributed by atoms with Gasteiger partial charge in [-0.3, -0.25) is 0 Å². The largest absolute Gasteiger partial charge is 0.480 e. The third-order valence-electron chi connectivity index (χ3n) is 5.29. The van der Waals surface area contributed by atoms with Crippen molar-refractivity contribution in [3.63, 3.8) is 0 Å². The van der Waals surface area contributed by atoms with E-state index in [1.54, 1.807) is 0 Å². The highest BCUT2D eigenvalue weighted by molar-refractivity contribution is 5.79. The molecule has 0 aliphatic heterocycles. The maximum Gasteiger partial charge on any atom is 0.407 e. The van der Waals surface area contributed by atoms with Crippen LogP contribution in [0.4, 0.5) is 9.59 Å². The Labute approximate surface area is 247 Å². The van der Waals surface area contributed by atoms with Crippen molar-refractivity contribution in [2.45, 2.75) is 76.0 Å². The topological polar surface area (TPSA) is 323 Å². The summed E-state index contributed by atoms with van der Waals surface area (Å²) in [6.45, 7) is -1.39. The van der Waals surface area contributed by atoms with E-state index in [1.165, 1.54) is 0 Å². The zero-order valence-corrected chi connectivity index (χ0v) is 23.3. The second-order valence-corrected chi connectivity index (χ2v) is 8.66. The molecule has 44 heavy (non-hydrogen) atoms.